The molecule has 0 aromatic carbocycles. The van der Waals surface area contributed by atoms with Crippen LogP contribution in [0.2, 0.25) is 0 Å². The second kappa shape index (κ2) is 2.73. The van der Waals surface area contributed by atoms with Crippen LogP contribution in [0.5, 0.6) is 0 Å². The van der Waals surface area contributed by atoms with Crippen LogP contribution in [0.3, 0.4) is 0 Å². The Hall–Kier alpha value is -0.0400. The summed E-state index contributed by atoms with van der Waals surface area (Å²) in [5.74, 6) is 0.911. The van der Waals surface area contributed by atoms with Gasteiger partial charge in [-0.25, -0.2) is 0 Å². The summed E-state index contributed by atoms with van der Waals surface area (Å²) in [5, 5.41) is 0. The fourth-order valence-electron chi connectivity index (χ4n) is 3.58. The second-order valence-electron chi connectivity index (χ2n) is 5.55. The van der Waals surface area contributed by atoms with Crippen molar-refractivity contribution in [1.82, 2.24) is 0 Å². The molecule has 0 radical (unpaired) electrons. The molecule has 76 valence electrons. The van der Waals surface area contributed by atoms with Crippen LogP contribution in [0.25, 0.3) is 0 Å². The SMILES string of the molecule is CCOC1CC2CCC1(C)C2(C)C. The zero-order chi connectivity index (χ0) is 9.69. The van der Waals surface area contributed by atoms with Gasteiger partial charge in [-0.15, -0.1) is 0 Å². The molecule has 0 aliphatic heterocycles. The zero-order valence-electron chi connectivity index (χ0n) is 9.39. The van der Waals surface area contributed by atoms with E-state index in [9.17, 15) is 0 Å². The standard InChI is InChI=1S/C12H22O/c1-5-13-10-8-9-6-7-12(10,4)11(9,2)3/h9-10H,5-8H2,1-4H3. The van der Waals surface area contributed by atoms with Crippen LogP contribution in [0.1, 0.15) is 47.0 Å². The van der Waals surface area contributed by atoms with Gasteiger partial charge in [-0.2, -0.15) is 0 Å². The lowest BCUT2D eigenvalue weighted by atomic mass is 9.70. The summed E-state index contributed by atoms with van der Waals surface area (Å²) in [4.78, 5) is 0. The summed E-state index contributed by atoms with van der Waals surface area (Å²) < 4.78 is 5.88. The van der Waals surface area contributed by atoms with Crippen molar-refractivity contribution in [2.75, 3.05) is 6.61 Å². The van der Waals surface area contributed by atoms with E-state index in [1.807, 2.05) is 0 Å². The lowest BCUT2D eigenvalue weighted by Gasteiger charge is -2.38. The minimum Gasteiger partial charge on any atom is -0.378 e. The molecule has 1 nitrogen and oxygen atoms in total. The van der Waals surface area contributed by atoms with E-state index in [0.717, 1.165) is 12.5 Å². The first kappa shape index (κ1) is 9.51. The molecular formula is C12H22O. The van der Waals surface area contributed by atoms with Crippen LogP contribution >= 0.6 is 0 Å². The first-order valence-electron chi connectivity index (χ1n) is 5.64. The van der Waals surface area contributed by atoms with Crippen molar-refractivity contribution in [3.63, 3.8) is 0 Å². The summed E-state index contributed by atoms with van der Waals surface area (Å²) >= 11 is 0. The number of fused-ring (bicyclic) bond motifs is 2. The Bertz CT molecular complexity index is 209. The highest BCUT2D eigenvalue weighted by Crippen LogP contribution is 2.66. The highest BCUT2D eigenvalue weighted by atomic mass is 16.5. The fraction of sp³-hybridized carbons (Fsp3) is 1.00. The average molecular weight is 182 g/mol. The topological polar surface area (TPSA) is 9.23 Å². The van der Waals surface area contributed by atoms with Crippen LogP contribution in [0, 0.1) is 16.7 Å². The van der Waals surface area contributed by atoms with E-state index in [4.69, 9.17) is 4.74 Å². The normalized spacial score (nSPS) is 47.1. The van der Waals surface area contributed by atoms with Gasteiger partial charge in [-0.05, 0) is 42.9 Å². The van der Waals surface area contributed by atoms with Crippen LogP contribution in [0.15, 0.2) is 0 Å². The number of hydrogen-bond acceptors (Lipinski definition) is 1. The molecule has 2 aliphatic rings. The first-order chi connectivity index (χ1) is 6.02. The maximum Gasteiger partial charge on any atom is 0.0636 e. The minimum absolute atomic E-state index is 0.452. The highest BCUT2D eigenvalue weighted by molar-refractivity contribution is 5.11. The van der Waals surface area contributed by atoms with Crippen LogP contribution < -0.4 is 0 Å². The smallest absolute Gasteiger partial charge is 0.0636 e. The molecule has 0 saturated heterocycles. The van der Waals surface area contributed by atoms with Crippen LogP contribution in [-0.2, 0) is 4.74 Å². The van der Waals surface area contributed by atoms with Gasteiger partial charge in [0, 0.05) is 6.61 Å². The molecular weight excluding hydrogens is 160 g/mol. The van der Waals surface area contributed by atoms with Gasteiger partial charge in [0.15, 0.2) is 0 Å². The lowest BCUT2D eigenvalue weighted by molar-refractivity contribution is -0.0413. The predicted molar refractivity (Wildman–Crippen MR) is 54.6 cm³/mol. The van der Waals surface area contributed by atoms with Crippen LogP contribution in [-0.4, -0.2) is 12.7 Å². The monoisotopic (exact) mass is 182 g/mol. The molecule has 0 N–H and O–H groups in total. The summed E-state index contributed by atoms with van der Waals surface area (Å²) in [6, 6.07) is 0. The average Bonchev–Trinajstić information content (AvgIpc) is 2.37. The summed E-state index contributed by atoms with van der Waals surface area (Å²) in [6.45, 7) is 10.3. The molecule has 0 spiro atoms. The molecule has 0 amide bonds. The Labute approximate surface area is 81.9 Å². The molecule has 2 bridgehead atoms. The van der Waals surface area contributed by atoms with Gasteiger partial charge in [0.1, 0.15) is 0 Å². The minimum atomic E-state index is 0.452. The Morgan fingerprint density at radius 3 is 2.38 bits per heavy atom. The van der Waals surface area contributed by atoms with E-state index in [2.05, 4.69) is 27.7 Å². The maximum atomic E-state index is 5.88. The van der Waals surface area contributed by atoms with E-state index >= 15 is 0 Å². The van der Waals surface area contributed by atoms with E-state index in [1.54, 1.807) is 0 Å². The van der Waals surface area contributed by atoms with Crippen molar-refractivity contribution >= 4 is 0 Å². The number of ether oxygens (including phenoxy) is 1. The molecule has 2 aliphatic carbocycles. The highest BCUT2D eigenvalue weighted by Gasteiger charge is 2.61. The third kappa shape index (κ3) is 1.03. The molecule has 3 atom stereocenters. The van der Waals surface area contributed by atoms with Gasteiger partial charge < -0.3 is 4.74 Å². The van der Waals surface area contributed by atoms with Crippen molar-refractivity contribution < 1.29 is 4.74 Å². The lowest BCUT2D eigenvalue weighted by Crippen LogP contribution is -2.37. The first-order valence-corrected chi connectivity index (χ1v) is 5.64. The van der Waals surface area contributed by atoms with Gasteiger partial charge in [-0.1, -0.05) is 20.8 Å². The molecule has 3 unspecified atom stereocenters. The van der Waals surface area contributed by atoms with E-state index < -0.39 is 0 Å². The third-order valence-electron chi connectivity index (χ3n) is 5.08. The quantitative estimate of drug-likeness (QED) is 0.637. The molecule has 0 aromatic rings. The van der Waals surface area contributed by atoms with Gasteiger partial charge in [0.2, 0.25) is 0 Å². The van der Waals surface area contributed by atoms with Crippen molar-refractivity contribution in [2.45, 2.75) is 53.1 Å². The van der Waals surface area contributed by atoms with Crippen molar-refractivity contribution in [2.24, 2.45) is 16.7 Å². The molecule has 0 heterocycles. The summed E-state index contributed by atoms with van der Waals surface area (Å²) in [5.41, 5.74) is 0.959. The van der Waals surface area contributed by atoms with Crippen molar-refractivity contribution in [3.8, 4) is 0 Å². The predicted octanol–water partition coefficient (Wildman–Crippen LogP) is 3.24. The number of hydrogen-bond donors (Lipinski definition) is 0. The van der Waals surface area contributed by atoms with E-state index in [-0.39, 0.29) is 0 Å². The Morgan fingerprint density at radius 2 is 2.00 bits per heavy atom. The van der Waals surface area contributed by atoms with Gasteiger partial charge >= 0.3 is 0 Å². The van der Waals surface area contributed by atoms with Crippen molar-refractivity contribution in [1.29, 1.82) is 0 Å². The fourth-order valence-corrected chi connectivity index (χ4v) is 3.58. The number of rotatable bonds is 2. The largest absolute Gasteiger partial charge is 0.378 e. The van der Waals surface area contributed by atoms with E-state index in [0.29, 0.717) is 16.9 Å². The molecule has 2 rings (SSSR count). The Morgan fingerprint density at radius 1 is 1.31 bits per heavy atom. The van der Waals surface area contributed by atoms with Crippen LogP contribution in [0.4, 0.5) is 0 Å². The molecule has 2 saturated carbocycles. The van der Waals surface area contributed by atoms with Gasteiger partial charge in [-0.3, -0.25) is 0 Å². The Balaban J connectivity index is 2.22. The summed E-state index contributed by atoms with van der Waals surface area (Å²) in [6.07, 6.45) is 4.63. The molecule has 2 fully saturated rings. The summed E-state index contributed by atoms with van der Waals surface area (Å²) in [7, 11) is 0. The van der Waals surface area contributed by atoms with E-state index in [1.165, 1.54) is 19.3 Å². The molecule has 1 heteroatoms. The zero-order valence-corrected chi connectivity index (χ0v) is 9.39. The molecule has 0 aromatic heterocycles. The second-order valence-corrected chi connectivity index (χ2v) is 5.55. The molecule has 13 heavy (non-hydrogen) atoms. The maximum absolute atomic E-state index is 5.88. The Kier molecular flexibility index (Phi) is 1.99. The third-order valence-corrected chi connectivity index (χ3v) is 5.08. The van der Waals surface area contributed by atoms with Gasteiger partial charge in [0.05, 0.1) is 6.10 Å². The van der Waals surface area contributed by atoms with Crippen molar-refractivity contribution in [3.05, 3.63) is 0 Å². The van der Waals surface area contributed by atoms with Gasteiger partial charge in [0.25, 0.3) is 0 Å².